The van der Waals surface area contributed by atoms with E-state index in [1.807, 2.05) is 30.3 Å². The van der Waals surface area contributed by atoms with Crippen molar-refractivity contribution in [2.45, 2.75) is 18.4 Å². The van der Waals surface area contributed by atoms with Crippen LogP contribution in [0.3, 0.4) is 0 Å². The summed E-state index contributed by atoms with van der Waals surface area (Å²) in [5, 5.41) is 10.6. The number of hydrogen-bond acceptors (Lipinski definition) is 7. The van der Waals surface area contributed by atoms with E-state index < -0.39 is 36.4 Å². The molecular formula is C15H19ClO7. The lowest BCUT2D eigenvalue weighted by atomic mass is 9.96. The molecule has 1 aromatic carbocycles. The quantitative estimate of drug-likeness (QED) is 0.634. The predicted octanol–water partition coefficient (Wildman–Crippen LogP) is 1.36. The molecule has 1 N–H and O–H groups in total. The standard InChI is InChI=1S/C9H14O7.C6H5Cl/c1-14-6(10)4-9(13,8(12)16-3)5-7(11)15-2;7-6-4-2-1-3-5-6/h13H,4-5H2,1-3H3;1-5H. The molecule has 0 unspecified atom stereocenters. The van der Waals surface area contributed by atoms with Crippen molar-refractivity contribution in [3.05, 3.63) is 35.4 Å². The summed E-state index contributed by atoms with van der Waals surface area (Å²) in [5.74, 6) is -2.77. The van der Waals surface area contributed by atoms with Crippen LogP contribution in [0.15, 0.2) is 30.3 Å². The molecule has 0 atom stereocenters. The van der Waals surface area contributed by atoms with Gasteiger partial charge in [0.15, 0.2) is 5.60 Å². The van der Waals surface area contributed by atoms with E-state index in [9.17, 15) is 19.5 Å². The van der Waals surface area contributed by atoms with Gasteiger partial charge in [-0.25, -0.2) is 4.79 Å². The molecule has 0 aliphatic rings. The molecule has 7 nitrogen and oxygen atoms in total. The fraction of sp³-hybridized carbons (Fsp3) is 0.400. The van der Waals surface area contributed by atoms with Gasteiger partial charge in [-0.1, -0.05) is 29.8 Å². The number of esters is 3. The third-order valence-electron chi connectivity index (χ3n) is 2.63. The van der Waals surface area contributed by atoms with Gasteiger partial charge in [0.2, 0.25) is 0 Å². The number of carbonyl (C=O) groups is 3. The van der Waals surface area contributed by atoms with E-state index in [4.69, 9.17) is 11.6 Å². The largest absolute Gasteiger partial charge is 0.469 e. The highest BCUT2D eigenvalue weighted by atomic mass is 35.5. The summed E-state index contributed by atoms with van der Waals surface area (Å²) in [6.45, 7) is 0. The molecule has 0 fully saturated rings. The fourth-order valence-electron chi connectivity index (χ4n) is 1.43. The Kier molecular flexibility index (Phi) is 9.60. The van der Waals surface area contributed by atoms with E-state index in [1.165, 1.54) is 0 Å². The maximum absolute atomic E-state index is 11.2. The average molecular weight is 347 g/mol. The third-order valence-corrected chi connectivity index (χ3v) is 2.88. The van der Waals surface area contributed by atoms with Gasteiger partial charge in [-0.3, -0.25) is 9.59 Å². The Morgan fingerprint density at radius 3 is 1.65 bits per heavy atom. The molecule has 0 saturated heterocycles. The van der Waals surface area contributed by atoms with Gasteiger partial charge in [-0.05, 0) is 12.1 Å². The highest BCUT2D eigenvalue weighted by Gasteiger charge is 2.42. The zero-order valence-electron chi connectivity index (χ0n) is 13.1. The van der Waals surface area contributed by atoms with E-state index >= 15 is 0 Å². The number of aliphatic hydroxyl groups is 1. The van der Waals surface area contributed by atoms with Gasteiger partial charge in [0.1, 0.15) is 0 Å². The molecule has 128 valence electrons. The Morgan fingerprint density at radius 1 is 0.957 bits per heavy atom. The summed E-state index contributed by atoms with van der Waals surface area (Å²) in [6, 6.07) is 9.44. The molecule has 0 aromatic heterocycles. The molecule has 0 aliphatic carbocycles. The van der Waals surface area contributed by atoms with Crippen LogP contribution < -0.4 is 0 Å². The summed E-state index contributed by atoms with van der Waals surface area (Å²) in [5.41, 5.74) is -2.26. The van der Waals surface area contributed by atoms with Crippen molar-refractivity contribution in [1.29, 1.82) is 0 Å². The number of benzene rings is 1. The maximum atomic E-state index is 11.2. The molecule has 0 spiro atoms. The van der Waals surface area contributed by atoms with Crippen molar-refractivity contribution in [3.8, 4) is 0 Å². The van der Waals surface area contributed by atoms with Crippen molar-refractivity contribution >= 4 is 29.5 Å². The number of methoxy groups -OCH3 is 3. The predicted molar refractivity (Wildman–Crippen MR) is 81.7 cm³/mol. The summed E-state index contributed by atoms with van der Waals surface area (Å²) in [7, 11) is 3.22. The highest BCUT2D eigenvalue weighted by Crippen LogP contribution is 2.18. The van der Waals surface area contributed by atoms with Crippen molar-refractivity contribution in [1.82, 2.24) is 0 Å². The van der Waals surface area contributed by atoms with Gasteiger partial charge in [-0.2, -0.15) is 0 Å². The van der Waals surface area contributed by atoms with Crippen LogP contribution >= 0.6 is 11.6 Å². The molecule has 1 aromatic rings. The minimum absolute atomic E-state index is 0.675. The Balaban J connectivity index is 0.000000568. The molecule has 0 saturated carbocycles. The molecule has 0 radical (unpaired) electrons. The van der Waals surface area contributed by atoms with Gasteiger partial charge in [0.05, 0.1) is 34.2 Å². The first-order chi connectivity index (χ1) is 10.8. The van der Waals surface area contributed by atoms with Crippen LogP contribution in [0.1, 0.15) is 12.8 Å². The number of halogens is 1. The van der Waals surface area contributed by atoms with Crippen LogP contribution in [0.2, 0.25) is 5.02 Å². The lowest BCUT2D eigenvalue weighted by molar-refractivity contribution is -0.174. The number of carbonyl (C=O) groups excluding carboxylic acids is 3. The summed E-state index contributed by atoms with van der Waals surface area (Å²) in [6.07, 6.45) is -1.35. The third kappa shape index (κ3) is 8.18. The van der Waals surface area contributed by atoms with Gasteiger partial charge in [0.25, 0.3) is 0 Å². The van der Waals surface area contributed by atoms with E-state index in [1.54, 1.807) is 0 Å². The Bertz CT molecular complexity index is 498. The monoisotopic (exact) mass is 346 g/mol. The molecule has 0 aliphatic heterocycles. The maximum Gasteiger partial charge on any atom is 0.339 e. The van der Waals surface area contributed by atoms with Gasteiger partial charge in [-0.15, -0.1) is 0 Å². The molecule has 0 bridgehead atoms. The van der Waals surface area contributed by atoms with E-state index in [0.29, 0.717) is 0 Å². The van der Waals surface area contributed by atoms with Crippen molar-refractivity contribution in [2.75, 3.05) is 21.3 Å². The Labute approximate surface area is 139 Å². The van der Waals surface area contributed by atoms with Gasteiger partial charge < -0.3 is 19.3 Å². The lowest BCUT2D eigenvalue weighted by Crippen LogP contribution is -2.44. The lowest BCUT2D eigenvalue weighted by Gasteiger charge is -2.22. The Morgan fingerprint density at radius 2 is 1.39 bits per heavy atom. The smallest absolute Gasteiger partial charge is 0.339 e. The molecule has 8 heteroatoms. The molecule has 0 amide bonds. The van der Waals surface area contributed by atoms with Crippen LogP contribution in [0.25, 0.3) is 0 Å². The number of hydrogen-bond donors (Lipinski definition) is 1. The average Bonchev–Trinajstić information content (AvgIpc) is 2.54. The van der Waals surface area contributed by atoms with Crippen molar-refractivity contribution in [2.24, 2.45) is 0 Å². The van der Waals surface area contributed by atoms with Crippen LogP contribution in [0.5, 0.6) is 0 Å². The first-order valence-electron chi connectivity index (χ1n) is 6.44. The van der Waals surface area contributed by atoms with E-state index in [0.717, 1.165) is 26.4 Å². The molecule has 0 heterocycles. The zero-order valence-corrected chi connectivity index (χ0v) is 13.8. The minimum Gasteiger partial charge on any atom is -0.469 e. The fourth-order valence-corrected chi connectivity index (χ4v) is 1.58. The number of ether oxygens (including phenoxy) is 3. The van der Waals surface area contributed by atoms with Crippen LogP contribution in [-0.4, -0.2) is 49.9 Å². The molecule has 1 rings (SSSR count). The Hall–Kier alpha value is -2.12. The normalized spacial score (nSPS) is 9.96. The van der Waals surface area contributed by atoms with E-state index in [-0.39, 0.29) is 0 Å². The highest BCUT2D eigenvalue weighted by molar-refractivity contribution is 6.30. The topological polar surface area (TPSA) is 99.1 Å². The minimum atomic E-state index is -2.26. The SMILES string of the molecule is COC(=O)CC(O)(CC(=O)OC)C(=O)OC.Clc1ccccc1. The van der Waals surface area contributed by atoms with Crippen molar-refractivity contribution in [3.63, 3.8) is 0 Å². The second kappa shape index (κ2) is 10.6. The van der Waals surface area contributed by atoms with Crippen molar-refractivity contribution < 1.29 is 33.7 Å². The summed E-state index contributed by atoms with van der Waals surface area (Å²) >= 11 is 5.54. The number of rotatable bonds is 5. The van der Waals surface area contributed by atoms with Gasteiger partial charge in [0, 0.05) is 5.02 Å². The summed E-state index contributed by atoms with van der Waals surface area (Å²) < 4.78 is 12.9. The van der Waals surface area contributed by atoms with Gasteiger partial charge >= 0.3 is 17.9 Å². The van der Waals surface area contributed by atoms with E-state index in [2.05, 4.69) is 14.2 Å². The second-order valence-corrected chi connectivity index (χ2v) is 4.76. The van der Waals surface area contributed by atoms with Crippen LogP contribution in [0, 0.1) is 0 Å². The summed E-state index contributed by atoms with van der Waals surface area (Å²) in [4.78, 5) is 33.2. The van der Waals surface area contributed by atoms with Crippen LogP contribution in [0.4, 0.5) is 0 Å². The first-order valence-corrected chi connectivity index (χ1v) is 6.81. The molecule has 23 heavy (non-hydrogen) atoms. The first kappa shape index (κ1) is 20.9. The second-order valence-electron chi connectivity index (χ2n) is 4.32. The van der Waals surface area contributed by atoms with Crippen LogP contribution in [-0.2, 0) is 28.6 Å². The molecular weight excluding hydrogens is 328 g/mol. The zero-order chi connectivity index (χ0) is 17.9.